The van der Waals surface area contributed by atoms with Crippen LogP contribution in [0, 0.1) is 0 Å². The number of aromatic nitrogens is 1. The number of carbonyl (C=O) groups excluding carboxylic acids is 1. The summed E-state index contributed by atoms with van der Waals surface area (Å²) in [6.45, 7) is 2.15. The molecule has 1 aliphatic rings. The monoisotopic (exact) mass is 208 g/mol. The highest BCUT2D eigenvalue weighted by Gasteiger charge is 2.10. The van der Waals surface area contributed by atoms with Gasteiger partial charge >= 0.3 is 0 Å². The Morgan fingerprint density at radius 1 is 1.36 bits per heavy atom. The molecule has 3 nitrogen and oxygen atoms in total. The molecule has 4 heteroatoms. The van der Waals surface area contributed by atoms with Gasteiger partial charge in [-0.1, -0.05) is 0 Å². The third-order valence-corrected chi connectivity index (χ3v) is 3.21. The van der Waals surface area contributed by atoms with Crippen molar-refractivity contribution in [1.82, 2.24) is 4.98 Å². The summed E-state index contributed by atoms with van der Waals surface area (Å²) in [6.07, 6.45) is 2.55. The fourth-order valence-corrected chi connectivity index (χ4v) is 2.38. The zero-order valence-electron chi connectivity index (χ0n) is 7.85. The first-order valence-electron chi connectivity index (χ1n) is 4.64. The zero-order valence-corrected chi connectivity index (χ0v) is 8.67. The number of hydrogen-bond acceptors (Lipinski definition) is 4. The SMILES string of the molecule is O=Cc1ccc(N2CCSCC2)cn1. The largest absolute Gasteiger partial charge is 0.369 e. The van der Waals surface area contributed by atoms with E-state index in [0.717, 1.165) is 25.1 Å². The standard InChI is InChI=1S/C10H12N2OS/c13-8-9-1-2-10(7-11-9)12-3-5-14-6-4-12/h1-2,7-8H,3-6H2. The van der Waals surface area contributed by atoms with Gasteiger partial charge in [-0.15, -0.1) is 0 Å². The van der Waals surface area contributed by atoms with Gasteiger partial charge < -0.3 is 4.90 Å². The van der Waals surface area contributed by atoms with Crippen molar-refractivity contribution in [3.8, 4) is 0 Å². The van der Waals surface area contributed by atoms with Crippen molar-refractivity contribution in [2.45, 2.75) is 0 Å². The summed E-state index contributed by atoms with van der Waals surface area (Å²) in [6, 6.07) is 3.73. The van der Waals surface area contributed by atoms with Crippen LogP contribution in [0.2, 0.25) is 0 Å². The van der Waals surface area contributed by atoms with Crippen LogP contribution in [0.3, 0.4) is 0 Å². The molecule has 0 aromatic carbocycles. The summed E-state index contributed by atoms with van der Waals surface area (Å²) >= 11 is 1.98. The molecule has 14 heavy (non-hydrogen) atoms. The number of hydrogen-bond donors (Lipinski definition) is 0. The Bertz CT molecular complexity index is 306. The van der Waals surface area contributed by atoms with Gasteiger partial charge in [0, 0.05) is 24.6 Å². The van der Waals surface area contributed by atoms with Crippen LogP contribution in [0.4, 0.5) is 5.69 Å². The Labute approximate surface area is 87.5 Å². The lowest BCUT2D eigenvalue weighted by molar-refractivity contribution is 0.111. The van der Waals surface area contributed by atoms with Crippen LogP contribution in [0.5, 0.6) is 0 Å². The average Bonchev–Trinajstić information content (AvgIpc) is 2.30. The van der Waals surface area contributed by atoms with Gasteiger partial charge in [-0.3, -0.25) is 9.78 Å². The van der Waals surface area contributed by atoms with Crippen LogP contribution in [0.15, 0.2) is 18.3 Å². The van der Waals surface area contributed by atoms with Gasteiger partial charge in [0.1, 0.15) is 5.69 Å². The third-order valence-electron chi connectivity index (χ3n) is 2.27. The summed E-state index contributed by atoms with van der Waals surface area (Å²) < 4.78 is 0. The van der Waals surface area contributed by atoms with Crippen molar-refractivity contribution in [2.24, 2.45) is 0 Å². The molecule has 1 aliphatic heterocycles. The van der Waals surface area contributed by atoms with E-state index >= 15 is 0 Å². The normalized spacial score (nSPS) is 16.7. The topological polar surface area (TPSA) is 33.2 Å². The van der Waals surface area contributed by atoms with E-state index < -0.39 is 0 Å². The minimum absolute atomic E-state index is 0.500. The van der Waals surface area contributed by atoms with Crippen molar-refractivity contribution in [2.75, 3.05) is 29.5 Å². The molecule has 0 spiro atoms. The van der Waals surface area contributed by atoms with Crippen molar-refractivity contribution in [3.05, 3.63) is 24.0 Å². The first-order valence-corrected chi connectivity index (χ1v) is 5.79. The predicted molar refractivity (Wildman–Crippen MR) is 59.2 cm³/mol. The summed E-state index contributed by atoms with van der Waals surface area (Å²) in [5, 5.41) is 0. The molecule has 0 N–H and O–H groups in total. The van der Waals surface area contributed by atoms with E-state index in [1.54, 1.807) is 12.3 Å². The third kappa shape index (κ3) is 2.07. The summed E-state index contributed by atoms with van der Waals surface area (Å²) in [5.41, 5.74) is 1.62. The lowest BCUT2D eigenvalue weighted by Gasteiger charge is -2.28. The summed E-state index contributed by atoms with van der Waals surface area (Å²) in [5.74, 6) is 2.35. The number of anilines is 1. The fourth-order valence-electron chi connectivity index (χ4n) is 1.48. The van der Waals surface area contributed by atoms with Crippen LogP contribution in [-0.4, -0.2) is 35.9 Å². The highest BCUT2D eigenvalue weighted by Crippen LogP contribution is 2.17. The van der Waals surface area contributed by atoms with E-state index in [1.807, 2.05) is 17.8 Å². The number of aldehydes is 1. The predicted octanol–water partition coefficient (Wildman–Crippen LogP) is 1.45. The molecule has 0 saturated carbocycles. The molecule has 0 radical (unpaired) electrons. The van der Waals surface area contributed by atoms with Crippen LogP contribution in [-0.2, 0) is 0 Å². The Morgan fingerprint density at radius 3 is 2.71 bits per heavy atom. The van der Waals surface area contributed by atoms with Gasteiger partial charge in [-0.2, -0.15) is 11.8 Å². The molecule has 2 rings (SSSR count). The Kier molecular flexibility index (Phi) is 3.03. The Hall–Kier alpha value is -1.03. The van der Waals surface area contributed by atoms with Crippen molar-refractivity contribution >= 4 is 23.7 Å². The number of thioether (sulfide) groups is 1. The smallest absolute Gasteiger partial charge is 0.168 e. The maximum atomic E-state index is 10.4. The Morgan fingerprint density at radius 2 is 2.14 bits per heavy atom. The highest BCUT2D eigenvalue weighted by molar-refractivity contribution is 7.99. The molecule has 1 fully saturated rings. The van der Waals surface area contributed by atoms with Gasteiger partial charge in [-0.25, -0.2) is 0 Å². The van der Waals surface area contributed by atoms with E-state index in [9.17, 15) is 4.79 Å². The molecule has 0 bridgehead atoms. The van der Waals surface area contributed by atoms with Crippen molar-refractivity contribution in [1.29, 1.82) is 0 Å². The zero-order chi connectivity index (χ0) is 9.80. The van der Waals surface area contributed by atoms with Gasteiger partial charge in [0.2, 0.25) is 0 Å². The molecule has 1 saturated heterocycles. The second kappa shape index (κ2) is 4.46. The van der Waals surface area contributed by atoms with Crippen LogP contribution < -0.4 is 4.90 Å². The van der Waals surface area contributed by atoms with Crippen molar-refractivity contribution < 1.29 is 4.79 Å². The highest BCUT2D eigenvalue weighted by atomic mass is 32.2. The number of rotatable bonds is 2. The van der Waals surface area contributed by atoms with Crippen LogP contribution >= 0.6 is 11.8 Å². The van der Waals surface area contributed by atoms with E-state index in [4.69, 9.17) is 0 Å². The molecular formula is C10H12N2OS. The number of nitrogens with zero attached hydrogens (tertiary/aromatic N) is 2. The maximum Gasteiger partial charge on any atom is 0.168 e. The second-order valence-electron chi connectivity index (χ2n) is 3.16. The van der Waals surface area contributed by atoms with Crippen molar-refractivity contribution in [3.63, 3.8) is 0 Å². The second-order valence-corrected chi connectivity index (χ2v) is 4.38. The minimum atomic E-state index is 0.500. The van der Waals surface area contributed by atoms with Gasteiger partial charge in [0.25, 0.3) is 0 Å². The van der Waals surface area contributed by atoms with Gasteiger partial charge in [-0.05, 0) is 12.1 Å². The average molecular weight is 208 g/mol. The number of carbonyl (C=O) groups is 1. The molecule has 0 aliphatic carbocycles. The molecular weight excluding hydrogens is 196 g/mol. The lowest BCUT2D eigenvalue weighted by Crippen LogP contribution is -2.32. The van der Waals surface area contributed by atoms with E-state index in [-0.39, 0.29) is 0 Å². The molecule has 2 heterocycles. The first-order chi connectivity index (χ1) is 6.90. The van der Waals surface area contributed by atoms with Crippen LogP contribution in [0.25, 0.3) is 0 Å². The molecule has 0 unspecified atom stereocenters. The fraction of sp³-hybridized carbons (Fsp3) is 0.400. The lowest BCUT2D eigenvalue weighted by atomic mass is 10.3. The molecule has 0 atom stereocenters. The molecule has 74 valence electrons. The van der Waals surface area contributed by atoms with E-state index in [0.29, 0.717) is 5.69 Å². The maximum absolute atomic E-state index is 10.4. The quantitative estimate of drug-likeness (QED) is 0.689. The van der Waals surface area contributed by atoms with E-state index in [2.05, 4.69) is 9.88 Å². The minimum Gasteiger partial charge on any atom is -0.369 e. The number of pyridine rings is 1. The van der Waals surface area contributed by atoms with Crippen LogP contribution in [0.1, 0.15) is 10.5 Å². The van der Waals surface area contributed by atoms with Gasteiger partial charge in [0.05, 0.1) is 11.9 Å². The first kappa shape index (κ1) is 9.52. The molecule has 1 aromatic rings. The van der Waals surface area contributed by atoms with Gasteiger partial charge in [0.15, 0.2) is 6.29 Å². The summed E-state index contributed by atoms with van der Waals surface area (Å²) in [4.78, 5) is 16.8. The van der Waals surface area contributed by atoms with E-state index in [1.165, 1.54) is 11.5 Å². The Balaban J connectivity index is 2.11. The molecule has 1 aromatic heterocycles. The molecule has 0 amide bonds. The summed E-state index contributed by atoms with van der Waals surface area (Å²) in [7, 11) is 0.